The molecule has 1 aliphatic carbocycles. The lowest BCUT2D eigenvalue weighted by Crippen LogP contribution is -2.42. The first-order valence-electron chi connectivity index (χ1n) is 6.94. The molecule has 0 aromatic heterocycles. The van der Waals surface area contributed by atoms with Gasteiger partial charge in [0.25, 0.3) is 0 Å². The second-order valence-electron chi connectivity index (χ2n) is 6.54. The molecule has 104 valence electrons. The van der Waals surface area contributed by atoms with Crippen LogP contribution < -0.4 is 0 Å². The molecule has 0 bridgehead atoms. The van der Waals surface area contributed by atoms with E-state index in [0.29, 0.717) is 24.5 Å². The molecule has 0 spiro atoms. The molecule has 18 heavy (non-hydrogen) atoms. The Morgan fingerprint density at radius 3 is 2.17 bits per heavy atom. The van der Waals surface area contributed by atoms with Gasteiger partial charge in [0.2, 0.25) is 0 Å². The Balaban J connectivity index is 2.64. The monoisotopic (exact) mass is 254 g/mol. The Kier molecular flexibility index (Phi) is 4.57. The lowest BCUT2D eigenvalue weighted by molar-refractivity contribution is -0.174. The van der Waals surface area contributed by atoms with Crippen molar-refractivity contribution in [3.05, 3.63) is 0 Å². The average molecular weight is 254 g/mol. The molecule has 0 aromatic rings. The van der Waals surface area contributed by atoms with E-state index in [-0.39, 0.29) is 5.97 Å². The molecule has 0 heterocycles. The second-order valence-corrected chi connectivity index (χ2v) is 6.54. The van der Waals surface area contributed by atoms with Gasteiger partial charge >= 0.3 is 5.97 Å². The van der Waals surface area contributed by atoms with Crippen LogP contribution in [0.15, 0.2) is 0 Å². The molecule has 0 saturated heterocycles. The van der Waals surface area contributed by atoms with Crippen LogP contribution in [0.25, 0.3) is 0 Å². The number of carbonyl (C=O) groups is 2. The number of hydrogen-bond donors (Lipinski definition) is 0. The fourth-order valence-electron chi connectivity index (χ4n) is 2.24. The van der Waals surface area contributed by atoms with Gasteiger partial charge in [-0.15, -0.1) is 0 Å². The van der Waals surface area contributed by atoms with Crippen molar-refractivity contribution in [3.63, 3.8) is 0 Å². The Morgan fingerprint density at radius 2 is 1.72 bits per heavy atom. The van der Waals surface area contributed by atoms with Crippen LogP contribution >= 0.6 is 0 Å². The lowest BCUT2D eigenvalue weighted by atomic mass is 9.78. The quantitative estimate of drug-likeness (QED) is 0.721. The summed E-state index contributed by atoms with van der Waals surface area (Å²) in [6.45, 7) is 9.76. The molecule has 0 unspecified atom stereocenters. The highest BCUT2D eigenvalue weighted by Gasteiger charge is 2.39. The van der Waals surface area contributed by atoms with Gasteiger partial charge in [-0.2, -0.15) is 0 Å². The zero-order valence-electron chi connectivity index (χ0n) is 12.3. The smallest absolute Gasteiger partial charge is 0.312 e. The fraction of sp³-hybridized carbons (Fsp3) is 0.867. The number of ether oxygens (including phenoxy) is 1. The third-order valence-electron chi connectivity index (χ3n) is 4.32. The molecule has 0 atom stereocenters. The van der Waals surface area contributed by atoms with E-state index < -0.39 is 11.0 Å². The molecule has 0 radical (unpaired) electrons. The van der Waals surface area contributed by atoms with E-state index >= 15 is 0 Å². The van der Waals surface area contributed by atoms with Crippen LogP contribution in [0.2, 0.25) is 0 Å². The maximum Gasteiger partial charge on any atom is 0.312 e. The molecular weight excluding hydrogens is 228 g/mol. The molecule has 1 fully saturated rings. The third kappa shape index (κ3) is 3.56. The Morgan fingerprint density at radius 1 is 1.22 bits per heavy atom. The summed E-state index contributed by atoms with van der Waals surface area (Å²) in [5, 5.41) is 0. The Labute approximate surface area is 110 Å². The average Bonchev–Trinajstić information content (AvgIpc) is 2.29. The van der Waals surface area contributed by atoms with Crippen LogP contribution in [-0.2, 0) is 14.3 Å². The van der Waals surface area contributed by atoms with Gasteiger partial charge in [-0.3, -0.25) is 9.59 Å². The number of rotatable bonds is 4. The number of esters is 1. The van der Waals surface area contributed by atoms with Gasteiger partial charge in [0, 0.05) is 12.8 Å². The predicted molar refractivity (Wildman–Crippen MR) is 71.2 cm³/mol. The number of hydrogen-bond acceptors (Lipinski definition) is 3. The topological polar surface area (TPSA) is 43.4 Å². The van der Waals surface area contributed by atoms with E-state index in [1.807, 2.05) is 34.6 Å². The summed E-state index contributed by atoms with van der Waals surface area (Å²) in [6, 6.07) is 0. The zero-order valence-corrected chi connectivity index (χ0v) is 12.3. The van der Waals surface area contributed by atoms with Crippen LogP contribution in [0.4, 0.5) is 0 Å². The summed E-state index contributed by atoms with van der Waals surface area (Å²) < 4.78 is 5.72. The van der Waals surface area contributed by atoms with Crippen LogP contribution in [0, 0.1) is 11.3 Å². The van der Waals surface area contributed by atoms with Crippen molar-refractivity contribution in [2.75, 3.05) is 0 Å². The number of carbonyl (C=O) groups excluding carboxylic acids is 2. The van der Waals surface area contributed by atoms with Crippen LogP contribution in [0.3, 0.4) is 0 Å². The van der Waals surface area contributed by atoms with Crippen LogP contribution in [0.5, 0.6) is 0 Å². The van der Waals surface area contributed by atoms with Crippen molar-refractivity contribution in [2.45, 2.75) is 72.3 Å². The fourth-order valence-corrected chi connectivity index (χ4v) is 2.24. The van der Waals surface area contributed by atoms with Gasteiger partial charge in [0.05, 0.1) is 5.41 Å². The van der Waals surface area contributed by atoms with Crippen LogP contribution in [-0.4, -0.2) is 17.4 Å². The highest BCUT2D eigenvalue weighted by atomic mass is 16.6. The van der Waals surface area contributed by atoms with Gasteiger partial charge in [-0.25, -0.2) is 0 Å². The molecular formula is C15H26O3. The summed E-state index contributed by atoms with van der Waals surface area (Å²) in [5.41, 5.74) is -0.897. The maximum atomic E-state index is 12.1. The molecule has 0 N–H and O–H groups in total. The summed E-state index contributed by atoms with van der Waals surface area (Å²) in [6.07, 6.45) is 3.70. The maximum absolute atomic E-state index is 12.1. The van der Waals surface area contributed by atoms with E-state index in [0.717, 1.165) is 19.3 Å². The van der Waals surface area contributed by atoms with Gasteiger partial charge in [0.15, 0.2) is 0 Å². The first kappa shape index (κ1) is 15.2. The van der Waals surface area contributed by atoms with E-state index in [2.05, 4.69) is 0 Å². The highest BCUT2D eigenvalue weighted by Crippen LogP contribution is 2.35. The van der Waals surface area contributed by atoms with Crippen molar-refractivity contribution in [1.29, 1.82) is 0 Å². The molecule has 1 aliphatic rings. The van der Waals surface area contributed by atoms with Crippen molar-refractivity contribution in [2.24, 2.45) is 11.3 Å². The lowest BCUT2D eigenvalue weighted by Gasteiger charge is -2.38. The van der Waals surface area contributed by atoms with E-state index in [9.17, 15) is 9.59 Å². The van der Waals surface area contributed by atoms with Crippen molar-refractivity contribution in [1.82, 2.24) is 0 Å². The summed E-state index contributed by atoms with van der Waals surface area (Å²) in [7, 11) is 0. The zero-order chi connectivity index (χ0) is 14.0. The Bertz CT molecular complexity index is 319. The van der Waals surface area contributed by atoms with E-state index in [1.165, 1.54) is 0 Å². The van der Waals surface area contributed by atoms with Crippen molar-refractivity contribution >= 4 is 11.8 Å². The Hall–Kier alpha value is -0.860. The molecule has 1 saturated carbocycles. The van der Waals surface area contributed by atoms with Gasteiger partial charge in [-0.1, -0.05) is 6.92 Å². The number of ketones is 1. The summed E-state index contributed by atoms with van der Waals surface area (Å²) in [5.74, 6) is 0.501. The van der Waals surface area contributed by atoms with Gasteiger partial charge in [-0.05, 0) is 52.9 Å². The van der Waals surface area contributed by atoms with Gasteiger partial charge in [0.1, 0.15) is 11.4 Å². The minimum absolute atomic E-state index is 0.132. The summed E-state index contributed by atoms with van der Waals surface area (Å²) in [4.78, 5) is 23.4. The standard InChI is InChI=1S/C15H26O3/c1-6-14(2,3)13(17)18-15(4,5)11-7-9-12(16)10-8-11/h11H,6-10H2,1-5H3. The van der Waals surface area contributed by atoms with Crippen LogP contribution in [0.1, 0.15) is 66.7 Å². The first-order chi connectivity index (χ1) is 8.19. The minimum atomic E-state index is -0.468. The van der Waals surface area contributed by atoms with Gasteiger partial charge < -0.3 is 4.74 Å². The van der Waals surface area contributed by atoms with E-state index in [4.69, 9.17) is 4.74 Å². The SMILES string of the molecule is CCC(C)(C)C(=O)OC(C)(C)C1CCC(=O)CC1. The first-order valence-corrected chi connectivity index (χ1v) is 6.94. The molecule has 3 nitrogen and oxygen atoms in total. The number of Topliss-reactive ketones (excluding diaryl/α,β-unsaturated/α-hetero) is 1. The molecule has 0 amide bonds. The molecule has 3 heteroatoms. The third-order valence-corrected chi connectivity index (χ3v) is 4.32. The normalized spacial score (nSPS) is 18.8. The molecule has 0 aliphatic heterocycles. The second kappa shape index (κ2) is 5.41. The van der Waals surface area contributed by atoms with Crippen molar-refractivity contribution in [3.8, 4) is 0 Å². The molecule has 1 rings (SSSR count). The minimum Gasteiger partial charge on any atom is -0.459 e. The predicted octanol–water partition coefficient (Wildman–Crippen LogP) is 3.50. The van der Waals surface area contributed by atoms with Crippen molar-refractivity contribution < 1.29 is 14.3 Å². The summed E-state index contributed by atoms with van der Waals surface area (Å²) >= 11 is 0. The largest absolute Gasteiger partial charge is 0.459 e. The highest BCUT2D eigenvalue weighted by molar-refractivity contribution is 5.79. The van der Waals surface area contributed by atoms with E-state index in [1.54, 1.807) is 0 Å². The molecule has 0 aromatic carbocycles.